The Hall–Kier alpha value is -2.65. The Morgan fingerprint density at radius 1 is 0.816 bits per heavy atom. The fourth-order valence-corrected chi connectivity index (χ4v) is 5.05. The van der Waals surface area contributed by atoms with Gasteiger partial charge in [0, 0.05) is 44.4 Å². The van der Waals surface area contributed by atoms with E-state index in [0.717, 1.165) is 93.3 Å². The molecule has 0 saturated carbocycles. The Kier molecular flexibility index (Phi) is 11.7. The van der Waals surface area contributed by atoms with Gasteiger partial charge in [0.2, 0.25) is 0 Å². The first-order valence-electron chi connectivity index (χ1n) is 14.0. The van der Waals surface area contributed by atoms with E-state index in [4.69, 9.17) is 18.9 Å². The van der Waals surface area contributed by atoms with Gasteiger partial charge in [-0.2, -0.15) is 0 Å². The van der Waals surface area contributed by atoms with Gasteiger partial charge in [-0.3, -0.25) is 4.79 Å². The maximum absolute atomic E-state index is 12.2. The number of hydrogen-bond acceptors (Lipinski definition) is 7. The molecule has 0 aliphatic carbocycles. The van der Waals surface area contributed by atoms with E-state index in [1.165, 1.54) is 6.42 Å². The summed E-state index contributed by atoms with van der Waals surface area (Å²) in [6.45, 7) is 9.92. The molecule has 0 aromatic heterocycles. The van der Waals surface area contributed by atoms with Gasteiger partial charge in [-0.15, -0.1) is 0 Å². The Bertz CT molecular complexity index is 987. The minimum Gasteiger partial charge on any atom is -0.494 e. The second-order valence-electron chi connectivity index (χ2n) is 9.87. The third kappa shape index (κ3) is 8.70. The molecule has 8 heteroatoms. The van der Waals surface area contributed by atoms with Gasteiger partial charge in [-0.25, -0.2) is 0 Å². The molecular weight excluding hydrogens is 482 g/mol. The second-order valence-corrected chi connectivity index (χ2v) is 9.87. The van der Waals surface area contributed by atoms with Gasteiger partial charge in [-0.05, 0) is 69.1 Å². The summed E-state index contributed by atoms with van der Waals surface area (Å²) in [5.74, 6) is 1.78. The number of nitrogens with zero attached hydrogens (tertiary/aromatic N) is 2. The molecule has 2 aliphatic heterocycles. The minimum atomic E-state index is -0.0213. The van der Waals surface area contributed by atoms with Crippen LogP contribution in [0, 0.1) is 0 Å². The highest BCUT2D eigenvalue weighted by molar-refractivity contribution is 5.99. The lowest BCUT2D eigenvalue weighted by atomic mass is 10.0. The molecule has 2 aromatic rings. The van der Waals surface area contributed by atoms with Crippen molar-refractivity contribution in [1.82, 2.24) is 15.1 Å². The summed E-state index contributed by atoms with van der Waals surface area (Å²) in [4.78, 5) is 17.4. The molecule has 2 aliphatic rings. The number of para-hydroxylation sites is 1. The smallest absolute Gasteiger partial charge is 0.252 e. The van der Waals surface area contributed by atoms with Crippen LogP contribution in [0.4, 0.5) is 0 Å². The predicted octanol–water partition coefficient (Wildman–Crippen LogP) is 3.38. The molecule has 0 unspecified atom stereocenters. The maximum atomic E-state index is 12.2. The van der Waals surface area contributed by atoms with E-state index in [1.807, 2.05) is 36.4 Å². The summed E-state index contributed by atoms with van der Waals surface area (Å²) in [6, 6.07) is 14.1. The molecule has 0 spiro atoms. The van der Waals surface area contributed by atoms with Crippen molar-refractivity contribution in [2.75, 3.05) is 79.4 Å². The minimum absolute atomic E-state index is 0.0213. The second kappa shape index (κ2) is 15.7. The summed E-state index contributed by atoms with van der Waals surface area (Å²) >= 11 is 0. The molecule has 1 fully saturated rings. The number of carbonyl (C=O) groups excluding carboxylic acids is 1. The van der Waals surface area contributed by atoms with Crippen molar-refractivity contribution in [2.45, 2.75) is 32.2 Å². The molecule has 0 radical (unpaired) electrons. The summed E-state index contributed by atoms with van der Waals surface area (Å²) in [7, 11) is 1.66. The van der Waals surface area contributed by atoms with Crippen LogP contribution in [0.1, 0.15) is 40.7 Å². The van der Waals surface area contributed by atoms with Crippen LogP contribution >= 0.6 is 0 Å². The van der Waals surface area contributed by atoms with Crippen molar-refractivity contribution in [3.63, 3.8) is 0 Å². The Labute approximate surface area is 227 Å². The van der Waals surface area contributed by atoms with Gasteiger partial charge >= 0.3 is 0 Å². The van der Waals surface area contributed by atoms with Crippen LogP contribution in [-0.2, 0) is 22.4 Å². The van der Waals surface area contributed by atoms with E-state index in [2.05, 4.69) is 21.2 Å². The fraction of sp³-hybridized carbons (Fsp3) is 0.567. The summed E-state index contributed by atoms with van der Waals surface area (Å²) < 4.78 is 22.6. The van der Waals surface area contributed by atoms with Crippen LogP contribution in [0.25, 0.3) is 0 Å². The molecule has 38 heavy (non-hydrogen) atoms. The first-order valence-corrected chi connectivity index (χ1v) is 14.0. The van der Waals surface area contributed by atoms with Crippen LogP contribution < -0.4 is 14.8 Å². The Balaban J connectivity index is 1.20. The number of nitrogens with one attached hydrogen (secondary N) is 1. The number of hydrogen-bond donors (Lipinski definition) is 1. The zero-order chi connectivity index (χ0) is 26.4. The van der Waals surface area contributed by atoms with Gasteiger partial charge in [0.15, 0.2) is 0 Å². The summed E-state index contributed by atoms with van der Waals surface area (Å²) in [6.07, 6.45) is 4.32. The number of unbranched alkanes of at least 4 members (excludes halogenated alkanes) is 1. The van der Waals surface area contributed by atoms with Gasteiger partial charge in [0.1, 0.15) is 18.1 Å². The average Bonchev–Trinajstić information content (AvgIpc) is 3.17. The van der Waals surface area contributed by atoms with Crippen LogP contribution in [0.15, 0.2) is 42.5 Å². The monoisotopic (exact) mass is 525 g/mol. The van der Waals surface area contributed by atoms with Crippen molar-refractivity contribution in [2.24, 2.45) is 0 Å². The van der Waals surface area contributed by atoms with Gasteiger partial charge in [-0.1, -0.05) is 24.3 Å². The van der Waals surface area contributed by atoms with E-state index in [1.54, 1.807) is 7.11 Å². The van der Waals surface area contributed by atoms with Gasteiger partial charge in [0.25, 0.3) is 5.91 Å². The van der Waals surface area contributed by atoms with Crippen LogP contribution in [0.5, 0.6) is 11.5 Å². The lowest BCUT2D eigenvalue weighted by Crippen LogP contribution is -2.32. The largest absolute Gasteiger partial charge is 0.494 e. The Morgan fingerprint density at radius 3 is 2.42 bits per heavy atom. The van der Waals surface area contributed by atoms with E-state index in [9.17, 15) is 4.79 Å². The molecule has 2 heterocycles. The zero-order valence-corrected chi connectivity index (χ0v) is 22.8. The predicted molar refractivity (Wildman–Crippen MR) is 148 cm³/mol. The number of methoxy groups -OCH3 is 1. The van der Waals surface area contributed by atoms with Crippen LogP contribution in [0.2, 0.25) is 0 Å². The lowest BCUT2D eigenvalue weighted by Gasteiger charge is -2.22. The zero-order valence-electron chi connectivity index (χ0n) is 22.8. The van der Waals surface area contributed by atoms with Crippen molar-refractivity contribution in [3.8, 4) is 11.5 Å². The average molecular weight is 526 g/mol. The number of amides is 1. The summed E-state index contributed by atoms with van der Waals surface area (Å²) in [5, 5.41) is 2.93. The van der Waals surface area contributed by atoms with Gasteiger partial charge in [0.05, 0.1) is 26.4 Å². The molecule has 2 aromatic carbocycles. The van der Waals surface area contributed by atoms with Crippen molar-refractivity contribution in [1.29, 1.82) is 0 Å². The van der Waals surface area contributed by atoms with E-state index in [-0.39, 0.29) is 5.91 Å². The quantitative estimate of drug-likeness (QED) is 0.337. The standard InChI is InChI=1S/C30H43N3O5/c1-35-20-21-36-22-23-38-29-25(10-11-27-28(29)24-31-30(27)34)12-16-33-15-7-14-32(17-18-33)13-5-6-19-37-26-8-3-2-4-9-26/h2-4,8-11H,5-7,12-24H2,1H3,(H,31,34). The first-order chi connectivity index (χ1) is 18.7. The van der Waals surface area contributed by atoms with E-state index >= 15 is 0 Å². The maximum Gasteiger partial charge on any atom is 0.252 e. The molecule has 1 N–H and O–H groups in total. The van der Waals surface area contributed by atoms with E-state index in [0.29, 0.717) is 33.0 Å². The molecule has 0 atom stereocenters. The van der Waals surface area contributed by atoms with Crippen molar-refractivity contribution >= 4 is 5.91 Å². The highest BCUT2D eigenvalue weighted by Crippen LogP contribution is 2.31. The van der Waals surface area contributed by atoms with Gasteiger partial charge < -0.3 is 34.1 Å². The molecule has 0 bridgehead atoms. The molecule has 8 nitrogen and oxygen atoms in total. The molecule has 1 amide bonds. The third-order valence-corrected chi connectivity index (χ3v) is 7.18. The van der Waals surface area contributed by atoms with E-state index < -0.39 is 0 Å². The van der Waals surface area contributed by atoms with Crippen molar-refractivity contribution in [3.05, 3.63) is 59.2 Å². The van der Waals surface area contributed by atoms with Crippen molar-refractivity contribution < 1.29 is 23.7 Å². The number of rotatable bonds is 16. The molecule has 4 rings (SSSR count). The number of carbonyl (C=O) groups is 1. The van der Waals surface area contributed by atoms with Crippen LogP contribution in [-0.4, -0.2) is 95.1 Å². The number of ether oxygens (including phenoxy) is 4. The topological polar surface area (TPSA) is 72.5 Å². The normalized spacial score (nSPS) is 16.2. The SMILES string of the molecule is COCCOCCOc1c(CCN2CCCN(CCCCOc3ccccc3)CC2)ccc2c1CNC2=O. The fourth-order valence-electron chi connectivity index (χ4n) is 5.05. The highest BCUT2D eigenvalue weighted by Gasteiger charge is 2.25. The number of fused-ring (bicyclic) bond motifs is 1. The Morgan fingerprint density at radius 2 is 1.61 bits per heavy atom. The lowest BCUT2D eigenvalue weighted by molar-refractivity contribution is 0.0541. The summed E-state index contributed by atoms with van der Waals surface area (Å²) in [5.41, 5.74) is 2.86. The highest BCUT2D eigenvalue weighted by atomic mass is 16.5. The molecular formula is C30H43N3O5. The molecule has 1 saturated heterocycles. The number of benzene rings is 2. The van der Waals surface area contributed by atoms with Crippen LogP contribution in [0.3, 0.4) is 0 Å². The third-order valence-electron chi connectivity index (χ3n) is 7.18. The molecule has 208 valence electrons. The first kappa shape index (κ1) is 28.4.